The lowest BCUT2D eigenvalue weighted by Gasteiger charge is -2.19. The molecule has 1 aromatic carbocycles. The number of hydrogen-bond acceptors (Lipinski definition) is 3. The van der Waals surface area contributed by atoms with E-state index in [4.69, 9.17) is 22.3 Å². The van der Waals surface area contributed by atoms with Gasteiger partial charge in [-0.1, -0.05) is 29.8 Å². The number of fused-ring (bicyclic) bond motifs is 1. The normalized spacial score (nSPS) is 21.0. The maximum absolute atomic E-state index is 6.54. The van der Waals surface area contributed by atoms with E-state index >= 15 is 0 Å². The highest BCUT2D eigenvalue weighted by Gasteiger charge is 2.26. The number of nitrogens with two attached hydrogens (primary N) is 1. The van der Waals surface area contributed by atoms with Gasteiger partial charge >= 0.3 is 0 Å². The van der Waals surface area contributed by atoms with Gasteiger partial charge in [-0.2, -0.15) is 0 Å². The maximum atomic E-state index is 6.54. The van der Waals surface area contributed by atoms with E-state index in [-0.39, 0.29) is 6.04 Å². The summed E-state index contributed by atoms with van der Waals surface area (Å²) < 4.78 is 0. The lowest BCUT2D eigenvalue weighted by Crippen LogP contribution is -2.29. The first-order valence-corrected chi connectivity index (χ1v) is 7.95. The van der Waals surface area contributed by atoms with E-state index in [1.807, 2.05) is 12.1 Å². The molecule has 1 saturated heterocycles. The first kappa shape index (κ1) is 14.8. The van der Waals surface area contributed by atoms with Gasteiger partial charge < -0.3 is 5.73 Å². The van der Waals surface area contributed by atoms with Crippen molar-refractivity contribution in [1.29, 1.82) is 0 Å². The summed E-state index contributed by atoms with van der Waals surface area (Å²) in [6.07, 6.45) is 1.17. The Bertz CT molecular complexity index is 654. The highest BCUT2D eigenvalue weighted by molar-refractivity contribution is 6.32. The predicted octanol–water partition coefficient (Wildman–Crippen LogP) is 3.37. The lowest BCUT2D eigenvalue weighted by molar-refractivity contribution is 0.305. The Morgan fingerprint density at radius 3 is 2.90 bits per heavy atom. The van der Waals surface area contributed by atoms with Crippen LogP contribution in [0.25, 0.3) is 10.9 Å². The number of likely N-dealkylation sites (tertiary alicyclic amines) is 1. The third-order valence-corrected chi connectivity index (χ3v) is 5.07. The van der Waals surface area contributed by atoms with E-state index in [0.29, 0.717) is 5.92 Å². The van der Waals surface area contributed by atoms with Crippen molar-refractivity contribution >= 4 is 22.5 Å². The maximum Gasteiger partial charge on any atom is 0.0740 e. The summed E-state index contributed by atoms with van der Waals surface area (Å²) in [5, 5.41) is 1.94. The second kappa shape index (κ2) is 5.91. The van der Waals surface area contributed by atoms with Crippen LogP contribution >= 0.6 is 11.6 Å². The summed E-state index contributed by atoms with van der Waals surface area (Å²) in [5.74, 6) is 0.588. The molecule has 2 heterocycles. The summed E-state index contributed by atoms with van der Waals surface area (Å²) in [6, 6.07) is 8.44. The van der Waals surface area contributed by atoms with Crippen LogP contribution in [0.2, 0.25) is 5.02 Å². The van der Waals surface area contributed by atoms with Crippen LogP contribution in [0, 0.1) is 12.8 Å². The van der Waals surface area contributed by atoms with Gasteiger partial charge in [0.2, 0.25) is 0 Å². The van der Waals surface area contributed by atoms with Gasteiger partial charge in [0.1, 0.15) is 0 Å². The molecule has 4 heteroatoms. The first-order chi connectivity index (χ1) is 10.1. The van der Waals surface area contributed by atoms with Crippen molar-refractivity contribution in [3.63, 3.8) is 0 Å². The Morgan fingerprint density at radius 1 is 1.43 bits per heavy atom. The topological polar surface area (TPSA) is 42.1 Å². The predicted molar refractivity (Wildman–Crippen MR) is 88.5 cm³/mol. The molecule has 2 aromatic rings. The van der Waals surface area contributed by atoms with Crippen LogP contribution in [0.1, 0.15) is 24.6 Å². The Hall–Kier alpha value is -1.16. The molecule has 1 fully saturated rings. The molecule has 0 bridgehead atoms. The van der Waals surface area contributed by atoms with E-state index < -0.39 is 0 Å². The minimum Gasteiger partial charge on any atom is -0.328 e. The highest BCUT2D eigenvalue weighted by Crippen LogP contribution is 2.29. The number of pyridine rings is 1. The van der Waals surface area contributed by atoms with Crippen molar-refractivity contribution in [2.45, 2.75) is 32.9 Å². The molecule has 1 aliphatic heterocycles. The van der Waals surface area contributed by atoms with Gasteiger partial charge in [0.25, 0.3) is 0 Å². The molecule has 2 atom stereocenters. The molecule has 1 aromatic heterocycles. The van der Waals surface area contributed by atoms with Crippen LogP contribution in [0.5, 0.6) is 0 Å². The molecule has 0 aliphatic carbocycles. The lowest BCUT2D eigenvalue weighted by atomic mass is 10.0. The van der Waals surface area contributed by atoms with Crippen molar-refractivity contribution in [2.75, 3.05) is 13.1 Å². The monoisotopic (exact) mass is 303 g/mol. The summed E-state index contributed by atoms with van der Waals surface area (Å²) >= 11 is 6.54. The van der Waals surface area contributed by atoms with Crippen molar-refractivity contribution in [3.8, 4) is 0 Å². The van der Waals surface area contributed by atoms with E-state index in [1.165, 1.54) is 6.42 Å². The molecular formula is C17H22ClN3. The van der Waals surface area contributed by atoms with E-state index in [1.54, 1.807) is 0 Å². The number of halogens is 1. The first-order valence-electron chi connectivity index (χ1n) is 7.58. The largest absolute Gasteiger partial charge is 0.328 e. The van der Waals surface area contributed by atoms with Gasteiger partial charge in [0.05, 0.1) is 16.2 Å². The zero-order chi connectivity index (χ0) is 15.0. The van der Waals surface area contributed by atoms with Crippen LogP contribution in [0.4, 0.5) is 0 Å². The number of benzene rings is 1. The number of aromatic nitrogens is 1. The minimum atomic E-state index is 0.261. The smallest absolute Gasteiger partial charge is 0.0740 e. The van der Waals surface area contributed by atoms with Gasteiger partial charge in [0, 0.05) is 24.5 Å². The van der Waals surface area contributed by atoms with Crippen molar-refractivity contribution in [3.05, 3.63) is 40.5 Å². The van der Waals surface area contributed by atoms with Gasteiger partial charge in [-0.05, 0) is 44.4 Å². The molecular weight excluding hydrogens is 282 g/mol. The molecule has 112 valence electrons. The van der Waals surface area contributed by atoms with Gasteiger partial charge in [-0.25, -0.2) is 4.98 Å². The molecule has 3 nitrogen and oxygen atoms in total. The molecule has 2 unspecified atom stereocenters. The molecule has 0 spiro atoms. The third kappa shape index (κ3) is 2.91. The molecule has 0 amide bonds. The van der Waals surface area contributed by atoms with Crippen LogP contribution in [0.3, 0.4) is 0 Å². The summed E-state index contributed by atoms with van der Waals surface area (Å²) in [7, 11) is 0. The summed E-state index contributed by atoms with van der Waals surface area (Å²) in [5.41, 5.74) is 9.15. The molecule has 0 radical (unpaired) electrons. The quantitative estimate of drug-likeness (QED) is 0.945. The number of rotatable bonds is 3. The van der Waals surface area contributed by atoms with E-state index in [2.05, 4.69) is 30.9 Å². The van der Waals surface area contributed by atoms with Crippen molar-refractivity contribution in [2.24, 2.45) is 11.7 Å². The van der Waals surface area contributed by atoms with E-state index in [9.17, 15) is 0 Å². The Labute approximate surface area is 131 Å². The Kier molecular flexibility index (Phi) is 4.16. The van der Waals surface area contributed by atoms with Crippen molar-refractivity contribution < 1.29 is 0 Å². The second-order valence-electron chi connectivity index (χ2n) is 6.16. The molecule has 1 aliphatic rings. The van der Waals surface area contributed by atoms with Crippen LogP contribution in [0.15, 0.2) is 24.3 Å². The number of aryl methyl sites for hydroxylation is 1. The SMILES string of the molecule is Cc1c(Cl)c(CN2CCC(C(C)N)C2)nc2ccccc12. The second-order valence-corrected chi connectivity index (χ2v) is 6.54. The summed E-state index contributed by atoms with van der Waals surface area (Å²) in [4.78, 5) is 7.18. The minimum absolute atomic E-state index is 0.261. The standard InChI is InChI=1S/C17H22ClN3/c1-11-14-5-3-4-6-15(14)20-16(17(11)18)10-21-8-7-13(9-21)12(2)19/h3-6,12-13H,7-10,19H2,1-2H3. The van der Waals surface area contributed by atoms with Crippen LogP contribution in [-0.2, 0) is 6.54 Å². The number of hydrogen-bond donors (Lipinski definition) is 1. The fraction of sp³-hybridized carbons (Fsp3) is 0.471. The van der Waals surface area contributed by atoms with Gasteiger partial charge in [-0.3, -0.25) is 4.90 Å². The highest BCUT2D eigenvalue weighted by atomic mass is 35.5. The van der Waals surface area contributed by atoms with Crippen molar-refractivity contribution in [1.82, 2.24) is 9.88 Å². The van der Waals surface area contributed by atoms with E-state index in [0.717, 1.165) is 46.8 Å². The average Bonchev–Trinajstić information content (AvgIpc) is 2.93. The number of nitrogens with zero attached hydrogens (tertiary/aromatic N) is 2. The van der Waals surface area contributed by atoms with Gasteiger partial charge in [0.15, 0.2) is 0 Å². The fourth-order valence-corrected chi connectivity index (χ4v) is 3.37. The number of para-hydroxylation sites is 1. The third-order valence-electron chi connectivity index (χ3n) is 4.57. The van der Waals surface area contributed by atoms with Gasteiger partial charge in [-0.15, -0.1) is 0 Å². The average molecular weight is 304 g/mol. The fourth-order valence-electron chi connectivity index (χ4n) is 3.17. The zero-order valence-corrected chi connectivity index (χ0v) is 13.4. The molecule has 0 saturated carbocycles. The molecule has 3 rings (SSSR count). The Morgan fingerprint density at radius 2 is 2.19 bits per heavy atom. The summed E-state index contributed by atoms with van der Waals surface area (Å²) in [6.45, 7) is 7.11. The molecule has 21 heavy (non-hydrogen) atoms. The van der Waals surface area contributed by atoms with Crippen LogP contribution < -0.4 is 5.73 Å². The Balaban J connectivity index is 1.86. The molecule has 2 N–H and O–H groups in total. The zero-order valence-electron chi connectivity index (χ0n) is 12.6. The van der Waals surface area contributed by atoms with Crippen LogP contribution in [-0.4, -0.2) is 29.0 Å².